The van der Waals surface area contributed by atoms with Crippen molar-refractivity contribution in [1.29, 1.82) is 0 Å². The maximum absolute atomic E-state index is 3.39. The largest absolute Gasteiger partial charge is 0.0654 e. The highest BCUT2D eigenvalue weighted by Crippen LogP contribution is 2.37. The van der Waals surface area contributed by atoms with Gasteiger partial charge in [-0.25, -0.2) is 0 Å². The van der Waals surface area contributed by atoms with Crippen molar-refractivity contribution in [2.24, 2.45) is 5.92 Å². The third-order valence-corrected chi connectivity index (χ3v) is 8.02. The Morgan fingerprint density at radius 2 is 1.29 bits per heavy atom. The molecule has 1 aliphatic carbocycles. The molecule has 35 heavy (non-hydrogen) atoms. The molecule has 0 nitrogen and oxygen atoms in total. The van der Waals surface area contributed by atoms with Gasteiger partial charge in [-0.1, -0.05) is 107 Å². The number of hydrogen-bond donors (Lipinski definition) is 0. The fraction of sp³-hybridized carbons (Fsp3) is 0.486. The highest BCUT2D eigenvalue weighted by Gasteiger charge is 2.21. The summed E-state index contributed by atoms with van der Waals surface area (Å²) in [5.74, 6) is 8.51. The number of benzene rings is 3. The van der Waals surface area contributed by atoms with E-state index in [4.69, 9.17) is 0 Å². The highest BCUT2D eigenvalue weighted by molar-refractivity contribution is 5.84. The maximum Gasteiger partial charge on any atom is 0.0255 e. The molecule has 1 saturated carbocycles. The Morgan fingerprint density at radius 3 is 2.06 bits per heavy atom. The summed E-state index contributed by atoms with van der Waals surface area (Å²) in [5.41, 5.74) is 5.17. The second-order valence-electron chi connectivity index (χ2n) is 10.8. The van der Waals surface area contributed by atoms with Crippen molar-refractivity contribution in [3.8, 4) is 11.8 Å². The first-order valence-electron chi connectivity index (χ1n) is 14.4. The van der Waals surface area contributed by atoms with E-state index in [9.17, 15) is 0 Å². The van der Waals surface area contributed by atoms with Crippen LogP contribution in [-0.4, -0.2) is 0 Å². The van der Waals surface area contributed by atoms with Crippen LogP contribution in [0, 0.1) is 17.8 Å². The van der Waals surface area contributed by atoms with E-state index in [1.807, 2.05) is 0 Å². The van der Waals surface area contributed by atoms with Gasteiger partial charge in [0.15, 0.2) is 0 Å². The minimum atomic E-state index is 0.747. The van der Waals surface area contributed by atoms with E-state index in [1.54, 1.807) is 0 Å². The zero-order valence-electron chi connectivity index (χ0n) is 22.1. The lowest BCUT2D eigenvalue weighted by molar-refractivity contribution is 0.302. The Morgan fingerprint density at radius 1 is 0.629 bits per heavy atom. The van der Waals surface area contributed by atoms with Crippen molar-refractivity contribution in [2.75, 3.05) is 0 Å². The average molecular weight is 465 g/mol. The van der Waals surface area contributed by atoms with Crippen molar-refractivity contribution in [1.82, 2.24) is 0 Å². The topological polar surface area (TPSA) is 0 Å². The Hall–Kier alpha value is -2.52. The molecule has 4 rings (SSSR count). The molecule has 0 heteroatoms. The predicted octanol–water partition coefficient (Wildman–Crippen LogP) is 10.2. The number of rotatable bonds is 10. The molecule has 0 radical (unpaired) electrons. The Kier molecular flexibility index (Phi) is 9.89. The fourth-order valence-corrected chi connectivity index (χ4v) is 5.73. The lowest BCUT2D eigenvalue weighted by Crippen LogP contribution is -2.13. The summed E-state index contributed by atoms with van der Waals surface area (Å²) >= 11 is 0. The molecule has 0 heterocycles. The van der Waals surface area contributed by atoms with Crippen LogP contribution in [0.2, 0.25) is 0 Å². The molecule has 184 valence electrons. The van der Waals surface area contributed by atoms with E-state index < -0.39 is 0 Å². The summed E-state index contributed by atoms with van der Waals surface area (Å²) in [5, 5.41) is 2.61. The van der Waals surface area contributed by atoms with Crippen molar-refractivity contribution in [3.05, 3.63) is 82.9 Å². The summed E-state index contributed by atoms with van der Waals surface area (Å²) in [7, 11) is 0. The normalized spacial score (nSPS) is 17.8. The molecule has 0 saturated heterocycles. The van der Waals surface area contributed by atoms with Gasteiger partial charge in [0, 0.05) is 11.1 Å². The van der Waals surface area contributed by atoms with Crippen LogP contribution in [0.3, 0.4) is 0 Å². The lowest BCUT2D eigenvalue weighted by atomic mass is 9.77. The zero-order chi connectivity index (χ0) is 24.3. The number of unbranched alkanes of at least 4 members (excludes halogenated alkanes) is 5. The van der Waals surface area contributed by atoms with Crippen molar-refractivity contribution < 1.29 is 0 Å². The maximum atomic E-state index is 3.39. The minimum Gasteiger partial charge on any atom is -0.0654 e. The molecule has 0 N–H and O–H groups in total. The second kappa shape index (κ2) is 13.5. The first kappa shape index (κ1) is 25.6. The van der Waals surface area contributed by atoms with Crippen LogP contribution in [-0.2, 0) is 6.42 Å². The van der Waals surface area contributed by atoms with E-state index in [0.717, 1.165) is 23.0 Å². The number of aryl methyl sites for hydroxylation is 1. The van der Waals surface area contributed by atoms with Gasteiger partial charge in [-0.05, 0) is 96.5 Å². The SMILES string of the molecule is CCCCCC[C@H]1CC[C@H](c2ccc(C#Cc3ccc4cc(CCCCC)ccc4c3)cc2)CC1. The van der Waals surface area contributed by atoms with Gasteiger partial charge in [0.05, 0.1) is 0 Å². The molecule has 0 aliphatic heterocycles. The molecule has 1 aliphatic rings. The van der Waals surface area contributed by atoms with Gasteiger partial charge in [-0.15, -0.1) is 0 Å². The van der Waals surface area contributed by atoms with Crippen LogP contribution in [0.15, 0.2) is 60.7 Å². The second-order valence-corrected chi connectivity index (χ2v) is 10.8. The minimum absolute atomic E-state index is 0.747. The Balaban J connectivity index is 1.31. The predicted molar refractivity (Wildman–Crippen MR) is 153 cm³/mol. The van der Waals surface area contributed by atoms with Gasteiger partial charge in [-0.3, -0.25) is 0 Å². The smallest absolute Gasteiger partial charge is 0.0255 e. The van der Waals surface area contributed by atoms with Crippen LogP contribution >= 0.6 is 0 Å². The lowest BCUT2D eigenvalue weighted by Gasteiger charge is -2.29. The van der Waals surface area contributed by atoms with Crippen molar-refractivity contribution >= 4 is 10.8 Å². The van der Waals surface area contributed by atoms with E-state index in [2.05, 4.69) is 86.4 Å². The third-order valence-electron chi connectivity index (χ3n) is 8.02. The monoisotopic (exact) mass is 464 g/mol. The molecule has 0 bridgehead atoms. The molecule has 0 unspecified atom stereocenters. The summed E-state index contributed by atoms with van der Waals surface area (Å²) in [6.07, 6.45) is 17.7. The summed E-state index contributed by atoms with van der Waals surface area (Å²) in [6, 6.07) is 22.6. The van der Waals surface area contributed by atoms with Crippen LogP contribution in [0.5, 0.6) is 0 Å². The standard InChI is InChI=1S/C35H44/c1-3-5-7-9-10-28-14-20-32(21-15-28)33-22-16-29(17-23-33)12-13-31-19-25-34-26-30(11-8-6-4-2)18-24-35(34)27-31/h16-19,22-28,32H,3-11,14-15,20-21H2,1-2H3/t28-,32-. The quantitative estimate of drug-likeness (QED) is 0.207. The zero-order valence-corrected chi connectivity index (χ0v) is 22.1. The van der Waals surface area contributed by atoms with Gasteiger partial charge in [-0.2, -0.15) is 0 Å². The van der Waals surface area contributed by atoms with Crippen LogP contribution < -0.4 is 0 Å². The van der Waals surface area contributed by atoms with Crippen LogP contribution in [0.1, 0.15) is 119 Å². The van der Waals surface area contributed by atoms with Crippen molar-refractivity contribution in [3.63, 3.8) is 0 Å². The van der Waals surface area contributed by atoms with Crippen LogP contribution in [0.25, 0.3) is 10.8 Å². The molecule has 0 atom stereocenters. The fourth-order valence-electron chi connectivity index (χ4n) is 5.73. The van der Waals surface area contributed by atoms with Gasteiger partial charge >= 0.3 is 0 Å². The molecule has 3 aromatic carbocycles. The molecule has 3 aromatic rings. The first-order valence-corrected chi connectivity index (χ1v) is 14.4. The number of hydrogen-bond acceptors (Lipinski definition) is 0. The average Bonchev–Trinajstić information content (AvgIpc) is 2.91. The number of fused-ring (bicyclic) bond motifs is 1. The summed E-state index contributed by atoms with van der Waals surface area (Å²) < 4.78 is 0. The molecule has 0 aromatic heterocycles. The summed E-state index contributed by atoms with van der Waals surface area (Å²) in [6.45, 7) is 4.56. The van der Waals surface area contributed by atoms with E-state index in [1.165, 1.54) is 105 Å². The highest BCUT2D eigenvalue weighted by atomic mass is 14.3. The van der Waals surface area contributed by atoms with E-state index in [0.29, 0.717) is 0 Å². The molecule has 0 amide bonds. The van der Waals surface area contributed by atoms with E-state index >= 15 is 0 Å². The molecule has 0 spiro atoms. The van der Waals surface area contributed by atoms with Gasteiger partial charge in [0.25, 0.3) is 0 Å². The summed E-state index contributed by atoms with van der Waals surface area (Å²) in [4.78, 5) is 0. The Labute approximate surface area is 214 Å². The molecular formula is C35H44. The third kappa shape index (κ3) is 7.73. The Bertz CT molecular complexity index is 1100. The van der Waals surface area contributed by atoms with Crippen LogP contribution in [0.4, 0.5) is 0 Å². The van der Waals surface area contributed by atoms with E-state index in [-0.39, 0.29) is 0 Å². The first-order chi connectivity index (χ1) is 17.2. The molecular weight excluding hydrogens is 420 g/mol. The van der Waals surface area contributed by atoms with Gasteiger partial charge < -0.3 is 0 Å². The van der Waals surface area contributed by atoms with Crippen molar-refractivity contribution in [2.45, 2.75) is 103 Å². The molecule has 1 fully saturated rings. The van der Waals surface area contributed by atoms with Gasteiger partial charge in [0.2, 0.25) is 0 Å². The van der Waals surface area contributed by atoms with Gasteiger partial charge in [0.1, 0.15) is 0 Å².